The first-order chi connectivity index (χ1) is 18.0. The Morgan fingerprint density at radius 1 is 1.11 bits per heavy atom. The molecule has 2 atom stereocenters. The summed E-state index contributed by atoms with van der Waals surface area (Å²) in [5.74, 6) is -0.0414. The molecule has 0 radical (unpaired) electrons. The van der Waals surface area contributed by atoms with Gasteiger partial charge in [-0.25, -0.2) is 4.98 Å². The van der Waals surface area contributed by atoms with Gasteiger partial charge in [0.15, 0.2) is 0 Å². The van der Waals surface area contributed by atoms with Crippen LogP contribution in [-0.2, 0) is 22.4 Å². The molecule has 2 aromatic rings. The van der Waals surface area contributed by atoms with Gasteiger partial charge in [0.1, 0.15) is 5.75 Å². The van der Waals surface area contributed by atoms with E-state index in [0.717, 1.165) is 30.1 Å². The second kappa shape index (κ2) is 12.6. The Morgan fingerprint density at radius 2 is 1.84 bits per heavy atom. The lowest BCUT2D eigenvalue weighted by molar-refractivity contribution is -0.157. The second-order valence-electron chi connectivity index (χ2n) is 11.3. The summed E-state index contributed by atoms with van der Waals surface area (Å²) in [7, 11) is 1.64. The summed E-state index contributed by atoms with van der Waals surface area (Å²) in [4.78, 5) is 36.0. The van der Waals surface area contributed by atoms with Crippen LogP contribution in [0.25, 0.3) is 0 Å². The fraction of sp³-hybridized carbons (Fsp3) is 0.633. The number of carbonyl (C=O) groups excluding carboxylic acids is 2. The third-order valence-corrected chi connectivity index (χ3v) is 8.85. The molecule has 1 saturated heterocycles. The number of nitrogens with one attached hydrogen (secondary N) is 1. The van der Waals surface area contributed by atoms with Crippen molar-refractivity contribution in [3.63, 3.8) is 0 Å². The van der Waals surface area contributed by atoms with Crippen LogP contribution in [0.1, 0.15) is 76.0 Å². The zero-order valence-electron chi connectivity index (χ0n) is 22.6. The number of hydrogen-bond donors (Lipinski definition) is 2. The van der Waals surface area contributed by atoms with E-state index >= 15 is 0 Å². The number of imidazole rings is 1. The number of carbonyl (C=O) groups is 2. The first-order valence-electron chi connectivity index (χ1n) is 14.1. The molecule has 1 saturated carbocycles. The quantitative estimate of drug-likeness (QED) is 0.375. The minimum absolute atomic E-state index is 0.0565. The highest BCUT2D eigenvalue weighted by Crippen LogP contribution is 2.49. The molecule has 0 spiro atoms. The van der Waals surface area contributed by atoms with Crippen LogP contribution in [0, 0.1) is 23.2 Å². The number of ether oxygens (including phenoxy) is 1. The zero-order valence-corrected chi connectivity index (χ0v) is 22.6. The average Bonchev–Trinajstić information content (AvgIpc) is 3.41. The molecule has 1 aromatic carbocycles. The summed E-state index contributed by atoms with van der Waals surface area (Å²) < 4.78 is 5.30. The first-order valence-corrected chi connectivity index (χ1v) is 14.1. The molecule has 7 nitrogen and oxygen atoms in total. The summed E-state index contributed by atoms with van der Waals surface area (Å²) in [6.07, 6.45) is 15.5. The lowest BCUT2D eigenvalue weighted by Crippen LogP contribution is -2.63. The second-order valence-corrected chi connectivity index (χ2v) is 11.3. The minimum Gasteiger partial charge on any atom is -0.497 e. The standard InChI is InChI=1S/C30H44N4O3/c1-3-4-8-15-30(23-9-6-5-7-10-23)19-34(20-30)29(36)27(16-22-11-13-25(37-2)14-12-22)26(28(31)35)17-24-18-32-21-33-24/h11-14,18,21,23,26-27H,3-10,15-17,19-20H2,1-2H3,(H2,31,35)(H,32,33)/t26?,27-/m1/s1. The Bertz CT molecular complexity index is 992. The Kier molecular flexibility index (Phi) is 9.28. The van der Waals surface area contributed by atoms with Gasteiger partial charge in [0.05, 0.1) is 25.3 Å². The number of likely N-dealkylation sites (tertiary alicyclic amines) is 1. The molecular formula is C30H44N4O3. The van der Waals surface area contributed by atoms with Gasteiger partial charge in [-0.05, 0) is 49.3 Å². The maximum atomic E-state index is 14.1. The maximum absolute atomic E-state index is 14.1. The number of methoxy groups -OCH3 is 1. The fourth-order valence-electron chi connectivity index (χ4n) is 6.66. The lowest BCUT2D eigenvalue weighted by atomic mass is 9.61. The largest absolute Gasteiger partial charge is 0.497 e. The Hall–Kier alpha value is -2.83. The summed E-state index contributed by atoms with van der Waals surface area (Å²) >= 11 is 0. The van der Waals surface area contributed by atoms with Crippen LogP contribution in [0.2, 0.25) is 0 Å². The van der Waals surface area contributed by atoms with Crippen molar-refractivity contribution in [1.29, 1.82) is 0 Å². The first kappa shape index (κ1) is 27.2. The molecule has 0 bridgehead atoms. The Balaban J connectivity index is 1.54. The van der Waals surface area contributed by atoms with Gasteiger partial charge in [-0.3, -0.25) is 9.59 Å². The SMILES string of the molecule is CCCCCC1(C2CCCCC2)CN(C(=O)[C@H](Cc2ccc(OC)cc2)C(Cc2cnc[nH]2)C(N)=O)C1. The topological polar surface area (TPSA) is 101 Å². The van der Waals surface area contributed by atoms with Crippen molar-refractivity contribution in [2.75, 3.05) is 20.2 Å². The van der Waals surface area contributed by atoms with Gasteiger partial charge in [-0.15, -0.1) is 0 Å². The molecule has 7 heteroatoms. The monoisotopic (exact) mass is 508 g/mol. The number of H-pyrrole nitrogens is 1. The average molecular weight is 509 g/mol. The molecule has 4 rings (SSSR count). The zero-order chi connectivity index (χ0) is 26.3. The molecule has 2 aliphatic rings. The van der Waals surface area contributed by atoms with Crippen molar-refractivity contribution < 1.29 is 14.3 Å². The third kappa shape index (κ3) is 6.55. The molecule has 2 amide bonds. The van der Waals surface area contributed by atoms with Crippen molar-refractivity contribution in [2.45, 2.75) is 77.6 Å². The number of primary amides is 1. The molecule has 37 heavy (non-hydrogen) atoms. The highest BCUT2D eigenvalue weighted by Gasteiger charge is 2.51. The van der Waals surface area contributed by atoms with Crippen LogP contribution in [0.4, 0.5) is 0 Å². The van der Waals surface area contributed by atoms with E-state index in [-0.39, 0.29) is 11.3 Å². The number of amides is 2. The van der Waals surface area contributed by atoms with E-state index < -0.39 is 17.7 Å². The molecule has 2 heterocycles. The summed E-state index contributed by atoms with van der Waals surface area (Å²) in [6.45, 7) is 3.88. The lowest BCUT2D eigenvalue weighted by Gasteiger charge is -2.56. The Morgan fingerprint density at radius 3 is 2.43 bits per heavy atom. The van der Waals surface area contributed by atoms with Crippen molar-refractivity contribution in [3.05, 3.63) is 48.0 Å². The van der Waals surface area contributed by atoms with Gasteiger partial charge in [0.2, 0.25) is 11.8 Å². The maximum Gasteiger partial charge on any atom is 0.226 e. The summed E-state index contributed by atoms with van der Waals surface area (Å²) in [5, 5.41) is 0. The molecular weight excluding hydrogens is 464 g/mol. The van der Waals surface area contributed by atoms with Crippen LogP contribution >= 0.6 is 0 Å². The van der Waals surface area contributed by atoms with Crippen molar-refractivity contribution in [2.24, 2.45) is 28.9 Å². The fourth-order valence-corrected chi connectivity index (χ4v) is 6.66. The smallest absolute Gasteiger partial charge is 0.226 e. The third-order valence-electron chi connectivity index (χ3n) is 8.85. The number of aromatic nitrogens is 2. The van der Waals surface area contributed by atoms with E-state index in [4.69, 9.17) is 10.5 Å². The summed E-state index contributed by atoms with van der Waals surface area (Å²) in [5.41, 5.74) is 7.99. The molecule has 1 aromatic heterocycles. The van der Waals surface area contributed by atoms with E-state index in [2.05, 4.69) is 16.9 Å². The van der Waals surface area contributed by atoms with E-state index in [0.29, 0.717) is 18.8 Å². The van der Waals surface area contributed by atoms with Crippen LogP contribution in [0.15, 0.2) is 36.8 Å². The minimum atomic E-state index is -0.611. The van der Waals surface area contributed by atoms with Crippen molar-refractivity contribution in [3.8, 4) is 5.75 Å². The van der Waals surface area contributed by atoms with Crippen LogP contribution in [0.3, 0.4) is 0 Å². The molecule has 2 fully saturated rings. The molecule has 3 N–H and O–H groups in total. The Labute approximate surface area is 221 Å². The molecule has 1 aliphatic carbocycles. The van der Waals surface area contributed by atoms with Gasteiger partial charge >= 0.3 is 0 Å². The number of aromatic amines is 1. The van der Waals surface area contributed by atoms with E-state index in [9.17, 15) is 9.59 Å². The number of nitrogens with zero attached hydrogens (tertiary/aromatic N) is 2. The molecule has 1 unspecified atom stereocenters. The number of rotatable bonds is 13. The summed E-state index contributed by atoms with van der Waals surface area (Å²) in [6, 6.07) is 7.74. The number of hydrogen-bond acceptors (Lipinski definition) is 4. The predicted octanol–water partition coefficient (Wildman–Crippen LogP) is 4.91. The van der Waals surface area contributed by atoms with Crippen LogP contribution in [-0.4, -0.2) is 46.9 Å². The number of benzene rings is 1. The molecule has 202 valence electrons. The van der Waals surface area contributed by atoms with E-state index in [1.165, 1.54) is 57.8 Å². The number of unbranched alkanes of at least 4 members (excludes halogenated alkanes) is 2. The van der Waals surface area contributed by atoms with Gasteiger partial charge in [-0.1, -0.05) is 57.6 Å². The van der Waals surface area contributed by atoms with Crippen molar-refractivity contribution >= 4 is 11.8 Å². The van der Waals surface area contributed by atoms with Crippen LogP contribution < -0.4 is 10.5 Å². The highest BCUT2D eigenvalue weighted by molar-refractivity contribution is 5.88. The normalized spacial score (nSPS) is 19.1. The predicted molar refractivity (Wildman–Crippen MR) is 145 cm³/mol. The highest BCUT2D eigenvalue weighted by atomic mass is 16.5. The van der Waals surface area contributed by atoms with Gasteiger partial charge in [0, 0.05) is 36.8 Å². The van der Waals surface area contributed by atoms with Crippen LogP contribution in [0.5, 0.6) is 5.75 Å². The van der Waals surface area contributed by atoms with Gasteiger partial charge < -0.3 is 20.4 Å². The van der Waals surface area contributed by atoms with Crippen molar-refractivity contribution in [1.82, 2.24) is 14.9 Å². The van der Waals surface area contributed by atoms with E-state index in [1.54, 1.807) is 19.6 Å². The van der Waals surface area contributed by atoms with Gasteiger partial charge in [-0.2, -0.15) is 0 Å². The van der Waals surface area contributed by atoms with E-state index in [1.807, 2.05) is 29.2 Å². The molecule has 1 aliphatic heterocycles. The number of nitrogens with two attached hydrogens (primary N) is 1. The van der Waals surface area contributed by atoms with Gasteiger partial charge in [0.25, 0.3) is 0 Å².